The molecule has 1 saturated heterocycles. The largest absolute Gasteiger partial charge is 0.459 e. The SMILES string of the molecule is O=C(N[C@@H](c1ccccc1)c1cc2ccccc2o1)[C@@H]1CCOC1. The second-order valence-electron chi connectivity index (χ2n) is 6.10. The van der Waals surface area contributed by atoms with Crippen molar-refractivity contribution < 1.29 is 13.9 Å². The Hall–Kier alpha value is -2.59. The zero-order valence-electron chi connectivity index (χ0n) is 13.3. The van der Waals surface area contributed by atoms with Gasteiger partial charge < -0.3 is 14.5 Å². The van der Waals surface area contributed by atoms with E-state index in [0.717, 1.165) is 28.7 Å². The predicted octanol–water partition coefficient (Wildman–Crippen LogP) is 3.67. The minimum atomic E-state index is -0.299. The number of amides is 1. The number of carbonyl (C=O) groups excluding carboxylic acids is 1. The molecule has 0 bridgehead atoms. The molecule has 0 radical (unpaired) electrons. The van der Waals surface area contributed by atoms with Crippen molar-refractivity contribution in [1.29, 1.82) is 0 Å². The quantitative estimate of drug-likeness (QED) is 0.797. The zero-order valence-corrected chi connectivity index (χ0v) is 13.3. The van der Waals surface area contributed by atoms with E-state index in [2.05, 4.69) is 5.32 Å². The Morgan fingerprint density at radius 3 is 2.62 bits per heavy atom. The number of hydrogen-bond acceptors (Lipinski definition) is 3. The number of para-hydroxylation sites is 1. The number of benzene rings is 2. The van der Waals surface area contributed by atoms with Crippen LogP contribution in [0, 0.1) is 5.92 Å². The molecular weight excluding hydrogens is 302 g/mol. The molecule has 1 amide bonds. The maximum atomic E-state index is 12.6. The van der Waals surface area contributed by atoms with Crippen LogP contribution in [0.4, 0.5) is 0 Å². The van der Waals surface area contributed by atoms with Crippen molar-refractivity contribution in [3.8, 4) is 0 Å². The highest BCUT2D eigenvalue weighted by Gasteiger charge is 2.28. The minimum Gasteiger partial charge on any atom is -0.459 e. The van der Waals surface area contributed by atoms with Crippen LogP contribution < -0.4 is 5.32 Å². The van der Waals surface area contributed by atoms with E-state index in [0.29, 0.717) is 13.2 Å². The van der Waals surface area contributed by atoms with E-state index in [9.17, 15) is 4.79 Å². The molecule has 1 fully saturated rings. The van der Waals surface area contributed by atoms with Crippen LogP contribution in [0.3, 0.4) is 0 Å². The Morgan fingerprint density at radius 1 is 1.08 bits per heavy atom. The Labute approximate surface area is 140 Å². The van der Waals surface area contributed by atoms with Crippen LogP contribution in [0.2, 0.25) is 0 Å². The van der Waals surface area contributed by atoms with Crippen molar-refractivity contribution in [1.82, 2.24) is 5.32 Å². The van der Waals surface area contributed by atoms with Gasteiger partial charge in [-0.2, -0.15) is 0 Å². The molecule has 1 aromatic heterocycles. The van der Waals surface area contributed by atoms with Gasteiger partial charge in [0.25, 0.3) is 0 Å². The molecule has 122 valence electrons. The molecule has 1 aliphatic heterocycles. The van der Waals surface area contributed by atoms with E-state index in [1.54, 1.807) is 0 Å². The zero-order chi connectivity index (χ0) is 16.4. The molecule has 1 aliphatic rings. The molecule has 0 spiro atoms. The van der Waals surface area contributed by atoms with Gasteiger partial charge >= 0.3 is 0 Å². The molecule has 4 nitrogen and oxygen atoms in total. The highest BCUT2D eigenvalue weighted by molar-refractivity contribution is 5.81. The summed E-state index contributed by atoms with van der Waals surface area (Å²) in [6, 6.07) is 19.5. The highest BCUT2D eigenvalue weighted by Crippen LogP contribution is 2.29. The van der Waals surface area contributed by atoms with Crippen molar-refractivity contribution in [2.24, 2.45) is 5.92 Å². The van der Waals surface area contributed by atoms with Gasteiger partial charge in [0.15, 0.2) is 0 Å². The molecule has 3 aromatic rings. The molecule has 2 atom stereocenters. The minimum absolute atomic E-state index is 0.0156. The monoisotopic (exact) mass is 321 g/mol. The van der Waals surface area contributed by atoms with E-state index >= 15 is 0 Å². The van der Waals surface area contributed by atoms with Crippen LogP contribution in [-0.2, 0) is 9.53 Å². The maximum absolute atomic E-state index is 12.6. The van der Waals surface area contributed by atoms with Crippen molar-refractivity contribution >= 4 is 16.9 Å². The fourth-order valence-corrected chi connectivity index (χ4v) is 3.11. The van der Waals surface area contributed by atoms with Crippen molar-refractivity contribution in [2.75, 3.05) is 13.2 Å². The van der Waals surface area contributed by atoms with Crippen LogP contribution in [0.25, 0.3) is 11.0 Å². The highest BCUT2D eigenvalue weighted by atomic mass is 16.5. The van der Waals surface area contributed by atoms with Gasteiger partial charge in [0.05, 0.1) is 12.5 Å². The average Bonchev–Trinajstić information content (AvgIpc) is 3.29. The van der Waals surface area contributed by atoms with Crippen molar-refractivity contribution in [3.63, 3.8) is 0 Å². The first kappa shape index (κ1) is 15.0. The molecule has 4 heteroatoms. The van der Waals surface area contributed by atoms with Crippen molar-refractivity contribution in [3.05, 3.63) is 72.0 Å². The molecule has 0 unspecified atom stereocenters. The summed E-state index contributed by atoms with van der Waals surface area (Å²) in [5.74, 6) is 0.678. The van der Waals surface area contributed by atoms with Crippen LogP contribution in [0.1, 0.15) is 23.8 Å². The second kappa shape index (κ2) is 6.49. The summed E-state index contributed by atoms with van der Waals surface area (Å²) in [4.78, 5) is 12.6. The number of nitrogens with one attached hydrogen (secondary N) is 1. The van der Waals surface area contributed by atoms with Crippen LogP contribution >= 0.6 is 0 Å². The molecule has 0 saturated carbocycles. The third-order valence-corrected chi connectivity index (χ3v) is 4.45. The second-order valence-corrected chi connectivity index (χ2v) is 6.10. The molecule has 2 heterocycles. The van der Waals surface area contributed by atoms with Gasteiger partial charge in [-0.3, -0.25) is 4.79 Å². The number of rotatable bonds is 4. The van der Waals surface area contributed by atoms with Crippen LogP contribution in [-0.4, -0.2) is 19.1 Å². The maximum Gasteiger partial charge on any atom is 0.226 e. The van der Waals surface area contributed by atoms with E-state index in [-0.39, 0.29) is 17.9 Å². The van der Waals surface area contributed by atoms with Gasteiger partial charge in [0.2, 0.25) is 5.91 Å². The van der Waals surface area contributed by atoms with E-state index in [1.165, 1.54) is 0 Å². The van der Waals surface area contributed by atoms with Crippen LogP contribution in [0.5, 0.6) is 0 Å². The third kappa shape index (κ3) is 2.93. The van der Waals surface area contributed by atoms with E-state index in [4.69, 9.17) is 9.15 Å². The molecule has 2 aromatic carbocycles. The number of fused-ring (bicyclic) bond motifs is 1. The Morgan fingerprint density at radius 2 is 1.88 bits per heavy atom. The lowest BCUT2D eigenvalue weighted by Gasteiger charge is -2.19. The number of carbonyl (C=O) groups is 1. The van der Waals surface area contributed by atoms with E-state index < -0.39 is 0 Å². The lowest BCUT2D eigenvalue weighted by molar-refractivity contribution is -0.125. The Bertz CT molecular complexity index is 801. The van der Waals surface area contributed by atoms with Gasteiger partial charge in [-0.05, 0) is 24.1 Å². The first-order chi connectivity index (χ1) is 11.8. The van der Waals surface area contributed by atoms with Gasteiger partial charge in [0, 0.05) is 12.0 Å². The summed E-state index contributed by atoms with van der Waals surface area (Å²) >= 11 is 0. The van der Waals surface area contributed by atoms with Gasteiger partial charge in [-0.25, -0.2) is 0 Å². The first-order valence-corrected chi connectivity index (χ1v) is 8.23. The molecule has 24 heavy (non-hydrogen) atoms. The number of ether oxygens (including phenoxy) is 1. The Balaban J connectivity index is 1.68. The van der Waals surface area contributed by atoms with Crippen LogP contribution in [0.15, 0.2) is 65.1 Å². The summed E-state index contributed by atoms with van der Waals surface area (Å²) in [6.07, 6.45) is 0.771. The number of furan rings is 1. The first-order valence-electron chi connectivity index (χ1n) is 8.23. The fourth-order valence-electron chi connectivity index (χ4n) is 3.11. The summed E-state index contributed by atoms with van der Waals surface area (Å²) < 4.78 is 11.3. The normalized spacial score (nSPS) is 18.6. The Kier molecular flexibility index (Phi) is 4.05. The lowest BCUT2D eigenvalue weighted by atomic mass is 10.0. The smallest absolute Gasteiger partial charge is 0.226 e. The summed E-state index contributed by atoms with van der Waals surface area (Å²) in [5.41, 5.74) is 1.83. The fraction of sp³-hybridized carbons (Fsp3) is 0.250. The third-order valence-electron chi connectivity index (χ3n) is 4.45. The van der Waals surface area contributed by atoms with Gasteiger partial charge in [-0.15, -0.1) is 0 Å². The summed E-state index contributed by atoms with van der Waals surface area (Å²) in [6.45, 7) is 1.15. The van der Waals surface area contributed by atoms with Gasteiger partial charge in [-0.1, -0.05) is 48.5 Å². The van der Waals surface area contributed by atoms with E-state index in [1.807, 2.05) is 60.7 Å². The number of hydrogen-bond donors (Lipinski definition) is 1. The summed E-state index contributed by atoms with van der Waals surface area (Å²) in [7, 11) is 0. The standard InChI is InChI=1S/C20H19NO3/c22-20(16-10-11-23-13-16)21-19(14-6-2-1-3-7-14)18-12-15-8-4-5-9-17(15)24-18/h1-9,12,16,19H,10-11,13H2,(H,21,22)/t16-,19+/m1/s1. The average molecular weight is 321 g/mol. The molecule has 4 rings (SSSR count). The predicted molar refractivity (Wildman–Crippen MR) is 91.6 cm³/mol. The lowest BCUT2D eigenvalue weighted by Crippen LogP contribution is -2.34. The molecule has 0 aliphatic carbocycles. The molecule has 1 N–H and O–H groups in total. The van der Waals surface area contributed by atoms with Gasteiger partial charge in [0.1, 0.15) is 17.4 Å². The van der Waals surface area contributed by atoms with Crippen molar-refractivity contribution in [2.45, 2.75) is 12.5 Å². The molecular formula is C20H19NO3. The topological polar surface area (TPSA) is 51.5 Å². The summed E-state index contributed by atoms with van der Waals surface area (Å²) in [5, 5.41) is 4.17.